The zero-order valence-electron chi connectivity index (χ0n) is 15.0. The van der Waals surface area contributed by atoms with E-state index < -0.39 is 0 Å². The van der Waals surface area contributed by atoms with Crippen molar-refractivity contribution in [1.82, 2.24) is 20.1 Å². The molecule has 1 aliphatic heterocycles. The maximum atomic E-state index is 11.4. The minimum Gasteiger partial charge on any atom is -0.369 e. The summed E-state index contributed by atoms with van der Waals surface area (Å²) in [6, 6.07) is 5.66. The van der Waals surface area contributed by atoms with Crippen LogP contribution in [-0.4, -0.2) is 39.1 Å². The molecule has 4 rings (SSSR count). The number of rotatable bonds is 4. The molecule has 1 fully saturated rings. The molecule has 0 unspecified atom stereocenters. The molecule has 0 aliphatic carbocycles. The number of amides is 1. The Bertz CT molecular complexity index is 948. The van der Waals surface area contributed by atoms with Gasteiger partial charge in [-0.2, -0.15) is 0 Å². The van der Waals surface area contributed by atoms with Gasteiger partial charge in [-0.1, -0.05) is 5.16 Å². The molecule has 1 amide bonds. The molecule has 0 bridgehead atoms. The number of carbonyl (C=O) groups excluding carboxylic acids is 1. The topological polar surface area (TPSA) is 111 Å². The Balaban J connectivity index is 1.70. The van der Waals surface area contributed by atoms with Crippen LogP contribution < -0.4 is 10.6 Å². The minimum absolute atomic E-state index is 0.0719. The molecule has 138 valence electrons. The third-order valence-corrected chi connectivity index (χ3v) is 4.80. The number of carbonyl (C=O) groups is 1. The van der Waals surface area contributed by atoms with Crippen LogP contribution >= 0.6 is 0 Å². The largest absolute Gasteiger partial charge is 0.369 e. The quantitative estimate of drug-likeness (QED) is 0.755. The Kier molecular flexibility index (Phi) is 4.53. The van der Waals surface area contributed by atoms with E-state index in [0.29, 0.717) is 37.6 Å². The number of primary amides is 1. The van der Waals surface area contributed by atoms with Gasteiger partial charge in [-0.05, 0) is 31.9 Å². The minimum atomic E-state index is -0.232. The summed E-state index contributed by atoms with van der Waals surface area (Å²) in [4.78, 5) is 26.9. The van der Waals surface area contributed by atoms with Crippen LogP contribution in [0.4, 0.5) is 5.95 Å². The number of pyridine rings is 1. The smallest absolute Gasteiger partial charge is 0.225 e. The molecular formula is C19H20N6O2. The van der Waals surface area contributed by atoms with Gasteiger partial charge in [0, 0.05) is 49.2 Å². The highest BCUT2D eigenvalue weighted by atomic mass is 16.5. The van der Waals surface area contributed by atoms with Crippen molar-refractivity contribution in [2.75, 3.05) is 18.0 Å². The summed E-state index contributed by atoms with van der Waals surface area (Å²) in [7, 11) is 0. The monoisotopic (exact) mass is 364 g/mol. The first-order valence-corrected chi connectivity index (χ1v) is 8.87. The third-order valence-electron chi connectivity index (χ3n) is 4.80. The van der Waals surface area contributed by atoms with Crippen molar-refractivity contribution < 1.29 is 9.32 Å². The second-order valence-electron chi connectivity index (χ2n) is 6.66. The third kappa shape index (κ3) is 3.51. The van der Waals surface area contributed by atoms with E-state index in [2.05, 4.69) is 20.0 Å². The standard InChI is InChI=1S/C19H20N6O2/c1-12-10-16(27-24-12)15-11-22-19(23-17(15)13-2-6-21-7-3-13)25-8-4-14(5-9-25)18(20)26/h2-3,6-7,10-11,14H,4-5,8-9H2,1H3,(H2,20,26). The van der Waals surface area contributed by atoms with Crippen LogP contribution in [0.3, 0.4) is 0 Å². The lowest BCUT2D eigenvalue weighted by Crippen LogP contribution is -2.39. The lowest BCUT2D eigenvalue weighted by molar-refractivity contribution is -0.122. The van der Waals surface area contributed by atoms with Crippen LogP contribution in [0.5, 0.6) is 0 Å². The summed E-state index contributed by atoms with van der Waals surface area (Å²) < 4.78 is 5.43. The maximum Gasteiger partial charge on any atom is 0.225 e. The first-order chi connectivity index (χ1) is 13.1. The van der Waals surface area contributed by atoms with Crippen molar-refractivity contribution in [3.8, 4) is 22.6 Å². The molecule has 2 N–H and O–H groups in total. The van der Waals surface area contributed by atoms with Crippen molar-refractivity contribution in [2.24, 2.45) is 11.7 Å². The van der Waals surface area contributed by atoms with Crippen molar-refractivity contribution in [1.29, 1.82) is 0 Å². The van der Waals surface area contributed by atoms with E-state index in [0.717, 1.165) is 22.5 Å². The van der Waals surface area contributed by atoms with E-state index in [1.807, 2.05) is 25.1 Å². The predicted octanol–water partition coefficient (Wildman–Crippen LogP) is 2.20. The van der Waals surface area contributed by atoms with Gasteiger partial charge in [0.1, 0.15) is 0 Å². The van der Waals surface area contributed by atoms with Crippen LogP contribution in [0.1, 0.15) is 18.5 Å². The average Bonchev–Trinajstić information content (AvgIpc) is 3.14. The summed E-state index contributed by atoms with van der Waals surface area (Å²) in [6.07, 6.45) is 6.65. The molecule has 0 aromatic carbocycles. The van der Waals surface area contributed by atoms with E-state index in [1.165, 1.54) is 0 Å². The van der Waals surface area contributed by atoms with Crippen LogP contribution in [0.25, 0.3) is 22.6 Å². The number of aryl methyl sites for hydroxylation is 1. The highest BCUT2D eigenvalue weighted by Crippen LogP contribution is 2.32. The highest BCUT2D eigenvalue weighted by Gasteiger charge is 2.25. The molecule has 27 heavy (non-hydrogen) atoms. The summed E-state index contributed by atoms with van der Waals surface area (Å²) in [6.45, 7) is 3.27. The number of hydrogen-bond donors (Lipinski definition) is 1. The van der Waals surface area contributed by atoms with Gasteiger partial charge in [0.25, 0.3) is 0 Å². The van der Waals surface area contributed by atoms with Gasteiger partial charge >= 0.3 is 0 Å². The lowest BCUT2D eigenvalue weighted by atomic mass is 9.96. The van der Waals surface area contributed by atoms with Gasteiger partial charge in [0.05, 0.1) is 17.0 Å². The zero-order valence-corrected chi connectivity index (χ0v) is 15.0. The van der Waals surface area contributed by atoms with E-state index in [4.69, 9.17) is 15.2 Å². The predicted molar refractivity (Wildman–Crippen MR) is 99.6 cm³/mol. The normalized spacial score (nSPS) is 15.1. The van der Waals surface area contributed by atoms with E-state index in [9.17, 15) is 4.79 Å². The lowest BCUT2D eigenvalue weighted by Gasteiger charge is -2.30. The molecule has 0 atom stereocenters. The molecule has 4 heterocycles. The number of nitrogens with zero attached hydrogens (tertiary/aromatic N) is 5. The van der Waals surface area contributed by atoms with Gasteiger partial charge < -0.3 is 15.2 Å². The molecule has 1 saturated heterocycles. The number of piperidine rings is 1. The molecule has 1 aliphatic rings. The zero-order chi connectivity index (χ0) is 18.8. The maximum absolute atomic E-state index is 11.4. The fraction of sp³-hybridized carbons (Fsp3) is 0.316. The second kappa shape index (κ2) is 7.14. The van der Waals surface area contributed by atoms with E-state index >= 15 is 0 Å². The van der Waals surface area contributed by atoms with Gasteiger partial charge in [-0.15, -0.1) is 0 Å². The fourth-order valence-electron chi connectivity index (χ4n) is 3.29. The summed E-state index contributed by atoms with van der Waals surface area (Å²) in [5.74, 6) is 0.949. The summed E-state index contributed by atoms with van der Waals surface area (Å²) >= 11 is 0. The highest BCUT2D eigenvalue weighted by molar-refractivity contribution is 5.78. The molecule has 8 heteroatoms. The molecular weight excluding hydrogens is 344 g/mol. The SMILES string of the molecule is Cc1cc(-c2cnc(N3CCC(C(N)=O)CC3)nc2-c2ccncc2)on1. The molecule has 3 aromatic rings. The number of nitrogens with two attached hydrogens (primary N) is 1. The van der Waals surface area contributed by atoms with E-state index in [1.54, 1.807) is 18.6 Å². The molecule has 0 radical (unpaired) electrons. The number of anilines is 1. The van der Waals surface area contributed by atoms with Gasteiger partial charge in [0.2, 0.25) is 11.9 Å². The van der Waals surface area contributed by atoms with Crippen molar-refractivity contribution >= 4 is 11.9 Å². The van der Waals surface area contributed by atoms with Crippen LogP contribution in [-0.2, 0) is 4.79 Å². The second-order valence-corrected chi connectivity index (χ2v) is 6.66. The Morgan fingerprint density at radius 2 is 2.00 bits per heavy atom. The van der Waals surface area contributed by atoms with Crippen molar-refractivity contribution in [3.63, 3.8) is 0 Å². The van der Waals surface area contributed by atoms with Crippen LogP contribution in [0, 0.1) is 12.8 Å². The van der Waals surface area contributed by atoms with Crippen molar-refractivity contribution in [2.45, 2.75) is 19.8 Å². The van der Waals surface area contributed by atoms with Crippen LogP contribution in [0.15, 0.2) is 41.3 Å². The summed E-state index contributed by atoms with van der Waals surface area (Å²) in [5, 5.41) is 3.97. The van der Waals surface area contributed by atoms with E-state index in [-0.39, 0.29) is 11.8 Å². The Labute approximate surface area is 156 Å². The first-order valence-electron chi connectivity index (χ1n) is 8.87. The van der Waals surface area contributed by atoms with Crippen LogP contribution in [0.2, 0.25) is 0 Å². The van der Waals surface area contributed by atoms with Crippen molar-refractivity contribution in [3.05, 3.63) is 42.5 Å². The molecule has 3 aromatic heterocycles. The Hall–Kier alpha value is -3.29. The number of aromatic nitrogens is 4. The number of hydrogen-bond acceptors (Lipinski definition) is 7. The molecule has 8 nitrogen and oxygen atoms in total. The fourth-order valence-corrected chi connectivity index (χ4v) is 3.29. The molecule has 0 spiro atoms. The van der Waals surface area contributed by atoms with Gasteiger partial charge in [0.15, 0.2) is 5.76 Å². The first kappa shape index (κ1) is 17.1. The summed E-state index contributed by atoms with van der Waals surface area (Å²) in [5.41, 5.74) is 8.68. The average molecular weight is 364 g/mol. The van der Waals surface area contributed by atoms with Gasteiger partial charge in [-0.3, -0.25) is 9.78 Å². The Morgan fingerprint density at radius 3 is 2.63 bits per heavy atom. The Morgan fingerprint density at radius 1 is 1.26 bits per heavy atom. The van der Waals surface area contributed by atoms with Gasteiger partial charge in [-0.25, -0.2) is 9.97 Å². The molecule has 0 saturated carbocycles.